The maximum atomic E-state index is 11.9. The minimum Gasteiger partial charge on any atom is -0.323 e. The van der Waals surface area contributed by atoms with E-state index in [2.05, 4.69) is 5.32 Å². The van der Waals surface area contributed by atoms with Gasteiger partial charge >= 0.3 is 6.03 Å². The average molecular weight is 285 g/mol. The van der Waals surface area contributed by atoms with Crippen LogP contribution in [-0.2, 0) is 0 Å². The summed E-state index contributed by atoms with van der Waals surface area (Å²) >= 11 is 7.71. The van der Waals surface area contributed by atoms with Gasteiger partial charge in [-0.3, -0.25) is 10.1 Å². The lowest BCUT2D eigenvalue weighted by Crippen LogP contribution is -2.46. The summed E-state index contributed by atoms with van der Waals surface area (Å²) in [5.41, 5.74) is 0.318. The molecule has 1 aliphatic heterocycles. The zero-order valence-corrected chi connectivity index (χ0v) is 11.3. The molecule has 0 bridgehead atoms. The van der Waals surface area contributed by atoms with Crippen molar-refractivity contribution >= 4 is 35.3 Å². The highest BCUT2D eigenvalue weighted by atomic mass is 35.5. The van der Waals surface area contributed by atoms with Crippen LogP contribution in [0.25, 0.3) is 0 Å². The summed E-state index contributed by atoms with van der Waals surface area (Å²) in [6.07, 6.45) is 0. The highest BCUT2D eigenvalue weighted by Gasteiger charge is 2.20. The number of hydrogen-bond donors (Lipinski definition) is 1. The average Bonchev–Trinajstić information content (AvgIpc) is 2.40. The topological polar surface area (TPSA) is 49.4 Å². The van der Waals surface area contributed by atoms with Gasteiger partial charge in [-0.05, 0) is 12.1 Å². The summed E-state index contributed by atoms with van der Waals surface area (Å²) in [5.74, 6) is 1.37. The lowest BCUT2D eigenvalue weighted by Gasteiger charge is -2.26. The Morgan fingerprint density at radius 2 is 1.89 bits per heavy atom. The molecule has 0 aliphatic carbocycles. The van der Waals surface area contributed by atoms with Crippen molar-refractivity contribution in [2.24, 2.45) is 0 Å². The Morgan fingerprint density at radius 3 is 2.56 bits per heavy atom. The first kappa shape index (κ1) is 13.2. The molecule has 2 rings (SSSR count). The maximum absolute atomic E-state index is 11.9. The third-order valence-corrected chi connectivity index (χ3v) is 3.91. The number of imide groups is 1. The number of carbonyl (C=O) groups excluding carboxylic acids is 2. The maximum Gasteiger partial charge on any atom is 0.324 e. The van der Waals surface area contributed by atoms with Crippen molar-refractivity contribution in [3.63, 3.8) is 0 Å². The van der Waals surface area contributed by atoms with Crippen molar-refractivity contribution in [1.29, 1.82) is 0 Å². The van der Waals surface area contributed by atoms with Gasteiger partial charge in [0.25, 0.3) is 5.91 Å². The van der Waals surface area contributed by atoms with Crippen LogP contribution >= 0.6 is 23.4 Å². The van der Waals surface area contributed by atoms with E-state index in [1.165, 1.54) is 0 Å². The molecule has 0 atom stereocenters. The molecule has 3 amide bonds. The molecule has 0 spiro atoms. The standard InChI is InChI=1S/C12H13ClN2O2S/c13-10-4-2-1-3-9(10)11(16)14-12(17)15-5-7-18-8-6-15/h1-4H,5-8H2,(H,14,16,17). The van der Waals surface area contributed by atoms with Crippen LogP contribution in [0.15, 0.2) is 24.3 Å². The molecule has 4 nitrogen and oxygen atoms in total. The molecule has 1 N–H and O–H groups in total. The lowest BCUT2D eigenvalue weighted by atomic mass is 10.2. The monoisotopic (exact) mass is 284 g/mol. The van der Waals surface area contributed by atoms with E-state index < -0.39 is 5.91 Å². The van der Waals surface area contributed by atoms with E-state index in [1.807, 2.05) is 0 Å². The van der Waals surface area contributed by atoms with Gasteiger partial charge in [0.05, 0.1) is 10.6 Å². The Morgan fingerprint density at radius 1 is 1.22 bits per heavy atom. The van der Waals surface area contributed by atoms with Crippen LogP contribution < -0.4 is 5.32 Å². The van der Waals surface area contributed by atoms with Crippen LogP contribution in [0, 0.1) is 0 Å². The van der Waals surface area contributed by atoms with Crippen molar-refractivity contribution in [2.45, 2.75) is 0 Å². The third-order valence-electron chi connectivity index (χ3n) is 2.64. The molecule has 1 aromatic rings. The van der Waals surface area contributed by atoms with Crippen molar-refractivity contribution in [1.82, 2.24) is 10.2 Å². The summed E-state index contributed by atoms with van der Waals surface area (Å²) in [4.78, 5) is 25.3. The Kier molecular flexibility index (Phi) is 4.49. The summed E-state index contributed by atoms with van der Waals surface area (Å²) < 4.78 is 0. The molecule has 1 aliphatic rings. The molecule has 1 fully saturated rings. The van der Waals surface area contributed by atoms with Crippen LogP contribution in [0.2, 0.25) is 5.02 Å². The van der Waals surface area contributed by atoms with E-state index in [1.54, 1.807) is 40.9 Å². The fraction of sp³-hybridized carbons (Fsp3) is 0.333. The second kappa shape index (κ2) is 6.11. The number of thioether (sulfide) groups is 1. The van der Waals surface area contributed by atoms with Crippen molar-refractivity contribution in [3.8, 4) is 0 Å². The number of carbonyl (C=O) groups is 2. The van der Waals surface area contributed by atoms with Gasteiger partial charge in [0.15, 0.2) is 0 Å². The molecule has 1 heterocycles. The van der Waals surface area contributed by atoms with Crippen LogP contribution in [-0.4, -0.2) is 41.4 Å². The van der Waals surface area contributed by atoms with Gasteiger partial charge in [-0.2, -0.15) is 11.8 Å². The number of halogens is 1. The largest absolute Gasteiger partial charge is 0.324 e. The summed E-state index contributed by atoms with van der Waals surface area (Å²) in [7, 11) is 0. The van der Waals surface area contributed by atoms with Gasteiger partial charge in [0.2, 0.25) is 0 Å². The number of benzene rings is 1. The molecular weight excluding hydrogens is 272 g/mol. The molecule has 96 valence electrons. The minimum atomic E-state index is -0.455. The number of nitrogens with one attached hydrogen (secondary N) is 1. The summed E-state index contributed by atoms with van der Waals surface area (Å²) in [5, 5.41) is 2.71. The van der Waals surface area contributed by atoms with Gasteiger partial charge < -0.3 is 4.90 Å². The number of rotatable bonds is 1. The molecule has 6 heteroatoms. The van der Waals surface area contributed by atoms with E-state index >= 15 is 0 Å². The first-order chi connectivity index (χ1) is 8.68. The molecule has 1 saturated heterocycles. The third kappa shape index (κ3) is 3.17. The van der Waals surface area contributed by atoms with Gasteiger partial charge in [-0.15, -0.1) is 0 Å². The van der Waals surface area contributed by atoms with Crippen LogP contribution in [0.3, 0.4) is 0 Å². The SMILES string of the molecule is O=C(NC(=O)N1CCSCC1)c1ccccc1Cl. The van der Waals surface area contributed by atoms with E-state index in [4.69, 9.17) is 11.6 Å². The lowest BCUT2D eigenvalue weighted by molar-refractivity contribution is 0.0953. The zero-order valence-electron chi connectivity index (χ0n) is 9.69. The number of amides is 3. The normalized spacial score (nSPS) is 15.3. The highest BCUT2D eigenvalue weighted by molar-refractivity contribution is 7.99. The minimum absolute atomic E-state index is 0.318. The first-order valence-corrected chi connectivity index (χ1v) is 7.14. The molecule has 0 unspecified atom stereocenters. The molecule has 18 heavy (non-hydrogen) atoms. The number of nitrogens with zero attached hydrogens (tertiary/aromatic N) is 1. The first-order valence-electron chi connectivity index (χ1n) is 5.61. The van der Waals surface area contributed by atoms with E-state index in [0.717, 1.165) is 11.5 Å². The van der Waals surface area contributed by atoms with Crippen LogP contribution in [0.4, 0.5) is 4.79 Å². The second-order valence-electron chi connectivity index (χ2n) is 3.84. The fourth-order valence-electron chi connectivity index (χ4n) is 1.66. The smallest absolute Gasteiger partial charge is 0.323 e. The van der Waals surface area contributed by atoms with Crippen molar-refractivity contribution in [2.75, 3.05) is 24.6 Å². The Hall–Kier alpha value is -1.20. The number of hydrogen-bond acceptors (Lipinski definition) is 3. The molecule has 0 aromatic heterocycles. The van der Waals surface area contributed by atoms with Gasteiger partial charge in [-0.25, -0.2) is 4.79 Å². The van der Waals surface area contributed by atoms with Crippen molar-refractivity contribution < 1.29 is 9.59 Å². The molecule has 0 radical (unpaired) electrons. The van der Waals surface area contributed by atoms with Gasteiger partial charge in [0, 0.05) is 24.6 Å². The molecule has 1 aromatic carbocycles. The fourth-order valence-corrected chi connectivity index (χ4v) is 2.78. The Balaban J connectivity index is 1.99. The quantitative estimate of drug-likeness (QED) is 0.860. The van der Waals surface area contributed by atoms with Crippen molar-refractivity contribution in [3.05, 3.63) is 34.9 Å². The number of urea groups is 1. The summed E-state index contributed by atoms with van der Waals surface area (Å²) in [6.45, 7) is 1.35. The Labute approximate surface area is 115 Å². The second-order valence-corrected chi connectivity index (χ2v) is 5.47. The molecular formula is C12H13ClN2O2S. The van der Waals surface area contributed by atoms with E-state index in [9.17, 15) is 9.59 Å². The highest BCUT2D eigenvalue weighted by Crippen LogP contribution is 2.15. The summed E-state index contributed by atoms with van der Waals surface area (Å²) in [6, 6.07) is 6.32. The predicted octanol–water partition coefficient (Wildman–Crippen LogP) is 2.24. The van der Waals surface area contributed by atoms with E-state index in [-0.39, 0.29) is 6.03 Å². The van der Waals surface area contributed by atoms with Crippen LogP contribution in [0.1, 0.15) is 10.4 Å². The van der Waals surface area contributed by atoms with Crippen LogP contribution in [0.5, 0.6) is 0 Å². The predicted molar refractivity (Wildman–Crippen MR) is 73.2 cm³/mol. The zero-order chi connectivity index (χ0) is 13.0. The van der Waals surface area contributed by atoms with Gasteiger partial charge in [0.1, 0.15) is 0 Å². The Bertz CT molecular complexity index is 461. The van der Waals surface area contributed by atoms with E-state index in [0.29, 0.717) is 23.7 Å². The van der Waals surface area contributed by atoms with Gasteiger partial charge in [-0.1, -0.05) is 23.7 Å². The molecule has 0 saturated carbocycles.